The Labute approximate surface area is 158 Å². The lowest BCUT2D eigenvalue weighted by Gasteiger charge is -2.31. The van der Waals surface area contributed by atoms with Crippen LogP contribution in [0.25, 0.3) is 0 Å². The van der Waals surface area contributed by atoms with E-state index in [-0.39, 0.29) is 24.3 Å². The zero-order valence-electron chi connectivity index (χ0n) is 14.7. The number of ether oxygens (including phenoxy) is 1. The number of nitrogens with zero attached hydrogens (tertiary/aromatic N) is 1. The molecule has 0 bridgehead atoms. The molecule has 0 aliphatic carbocycles. The largest absolute Gasteiger partial charge is 0.464 e. The van der Waals surface area contributed by atoms with Crippen molar-refractivity contribution >= 4 is 29.4 Å². The first-order valence-corrected chi connectivity index (χ1v) is 8.97. The molecule has 140 valence electrons. The molecule has 26 heavy (non-hydrogen) atoms. The van der Waals surface area contributed by atoms with Crippen molar-refractivity contribution in [2.24, 2.45) is 5.92 Å². The van der Waals surface area contributed by atoms with Crippen LogP contribution in [0.15, 0.2) is 36.9 Å². The minimum Gasteiger partial charge on any atom is -0.464 e. The van der Waals surface area contributed by atoms with Gasteiger partial charge in [0.15, 0.2) is 6.04 Å². The van der Waals surface area contributed by atoms with Crippen LogP contribution in [0.5, 0.6) is 0 Å². The van der Waals surface area contributed by atoms with Gasteiger partial charge in [0, 0.05) is 24.0 Å². The smallest absolute Gasteiger partial charge is 0.333 e. The lowest BCUT2D eigenvalue weighted by molar-refractivity contribution is -0.148. The van der Waals surface area contributed by atoms with Crippen molar-refractivity contribution in [1.82, 2.24) is 10.2 Å². The number of likely N-dealkylation sites (tertiary alicyclic amines) is 1. The predicted molar refractivity (Wildman–Crippen MR) is 98.5 cm³/mol. The van der Waals surface area contributed by atoms with E-state index in [4.69, 9.17) is 16.3 Å². The van der Waals surface area contributed by atoms with E-state index >= 15 is 0 Å². The van der Waals surface area contributed by atoms with E-state index in [0.717, 1.165) is 0 Å². The van der Waals surface area contributed by atoms with Gasteiger partial charge in [-0.3, -0.25) is 9.59 Å². The van der Waals surface area contributed by atoms with Gasteiger partial charge in [-0.2, -0.15) is 0 Å². The standard InChI is InChI=1S/C19H23ClN2O4/c1-3-16(23)22-11-9-14(10-12-22)18(24)21-17(19(25)26-4-2)13-5-7-15(20)8-6-13/h3,5-8,14,17H,1,4,9-12H2,2H3,(H,21,24). The van der Waals surface area contributed by atoms with Gasteiger partial charge in [-0.05, 0) is 43.5 Å². The summed E-state index contributed by atoms with van der Waals surface area (Å²) in [5.74, 6) is -1.12. The van der Waals surface area contributed by atoms with Crippen LogP contribution in [0.2, 0.25) is 5.02 Å². The van der Waals surface area contributed by atoms with E-state index in [9.17, 15) is 14.4 Å². The van der Waals surface area contributed by atoms with E-state index in [1.165, 1.54) is 6.08 Å². The first kappa shape index (κ1) is 20.0. The lowest BCUT2D eigenvalue weighted by atomic mass is 9.95. The van der Waals surface area contributed by atoms with Gasteiger partial charge in [0.25, 0.3) is 0 Å². The van der Waals surface area contributed by atoms with Crippen LogP contribution in [0.4, 0.5) is 0 Å². The molecule has 0 saturated carbocycles. The summed E-state index contributed by atoms with van der Waals surface area (Å²) in [4.78, 5) is 38.2. The summed E-state index contributed by atoms with van der Waals surface area (Å²) < 4.78 is 5.09. The zero-order chi connectivity index (χ0) is 19.1. The van der Waals surface area contributed by atoms with E-state index in [2.05, 4.69) is 11.9 Å². The number of esters is 1. The number of hydrogen-bond donors (Lipinski definition) is 1. The van der Waals surface area contributed by atoms with Gasteiger partial charge >= 0.3 is 5.97 Å². The zero-order valence-corrected chi connectivity index (χ0v) is 15.5. The van der Waals surface area contributed by atoms with Crippen molar-refractivity contribution in [2.45, 2.75) is 25.8 Å². The Kier molecular flexibility index (Phi) is 7.21. The van der Waals surface area contributed by atoms with E-state index in [1.807, 2.05) is 0 Å². The van der Waals surface area contributed by atoms with Crippen LogP contribution in [-0.2, 0) is 19.1 Å². The number of hydrogen-bond acceptors (Lipinski definition) is 4. The Morgan fingerprint density at radius 2 is 1.92 bits per heavy atom. The van der Waals surface area contributed by atoms with Crippen molar-refractivity contribution in [2.75, 3.05) is 19.7 Å². The maximum atomic E-state index is 12.6. The lowest BCUT2D eigenvalue weighted by Crippen LogP contribution is -2.44. The van der Waals surface area contributed by atoms with E-state index in [0.29, 0.717) is 36.5 Å². The molecule has 1 N–H and O–H groups in total. The average Bonchev–Trinajstić information content (AvgIpc) is 2.66. The van der Waals surface area contributed by atoms with Gasteiger partial charge < -0.3 is 15.0 Å². The topological polar surface area (TPSA) is 75.7 Å². The second kappa shape index (κ2) is 9.38. The van der Waals surface area contributed by atoms with Crippen LogP contribution in [-0.4, -0.2) is 42.4 Å². The fourth-order valence-electron chi connectivity index (χ4n) is 2.91. The first-order valence-electron chi connectivity index (χ1n) is 8.60. The molecule has 2 amide bonds. The molecule has 1 saturated heterocycles. The molecule has 7 heteroatoms. The van der Waals surface area contributed by atoms with E-state index < -0.39 is 12.0 Å². The Hall–Kier alpha value is -2.34. The fourth-order valence-corrected chi connectivity index (χ4v) is 3.04. The molecule has 1 fully saturated rings. The second-order valence-electron chi connectivity index (χ2n) is 6.05. The molecule has 1 aliphatic heterocycles. The summed E-state index contributed by atoms with van der Waals surface area (Å²) in [7, 11) is 0. The van der Waals surface area contributed by atoms with Crippen LogP contribution in [0, 0.1) is 5.92 Å². The molecule has 1 aliphatic rings. The Balaban J connectivity index is 2.04. The van der Waals surface area contributed by atoms with Crippen LogP contribution in [0.3, 0.4) is 0 Å². The summed E-state index contributed by atoms with van der Waals surface area (Å²) in [5.41, 5.74) is 0.612. The predicted octanol–water partition coefficient (Wildman–Crippen LogP) is 2.49. The van der Waals surface area contributed by atoms with Crippen molar-refractivity contribution in [3.8, 4) is 0 Å². The van der Waals surface area contributed by atoms with Crippen molar-refractivity contribution in [1.29, 1.82) is 0 Å². The minimum absolute atomic E-state index is 0.130. The summed E-state index contributed by atoms with van der Waals surface area (Å²) >= 11 is 5.89. The number of amides is 2. The second-order valence-corrected chi connectivity index (χ2v) is 6.49. The maximum absolute atomic E-state index is 12.6. The molecule has 1 aromatic rings. The Morgan fingerprint density at radius 1 is 1.31 bits per heavy atom. The number of benzene rings is 1. The molecule has 6 nitrogen and oxygen atoms in total. The normalized spacial score (nSPS) is 15.8. The monoisotopic (exact) mass is 378 g/mol. The molecule has 0 spiro atoms. The number of carbonyl (C=O) groups excluding carboxylic acids is 3. The van der Waals surface area contributed by atoms with Gasteiger partial charge in [0.05, 0.1) is 6.61 Å². The Bertz CT molecular complexity index is 667. The van der Waals surface area contributed by atoms with Crippen molar-refractivity contribution < 1.29 is 19.1 Å². The number of halogens is 1. The highest BCUT2D eigenvalue weighted by Gasteiger charge is 2.30. The molecule has 1 atom stereocenters. The number of piperidine rings is 1. The average molecular weight is 379 g/mol. The molecule has 1 unspecified atom stereocenters. The SMILES string of the molecule is C=CC(=O)N1CCC(C(=O)NC(C(=O)OCC)c2ccc(Cl)cc2)CC1. The molecule has 2 rings (SSSR count). The third-order valence-corrected chi connectivity index (χ3v) is 4.62. The fraction of sp³-hybridized carbons (Fsp3) is 0.421. The molecule has 0 aromatic heterocycles. The summed E-state index contributed by atoms with van der Waals surface area (Å²) in [6.07, 6.45) is 2.36. The highest BCUT2D eigenvalue weighted by Crippen LogP contribution is 2.22. The number of carbonyl (C=O) groups is 3. The summed E-state index contributed by atoms with van der Waals surface area (Å²) in [6, 6.07) is 5.82. The van der Waals surface area contributed by atoms with Gasteiger partial charge in [0.1, 0.15) is 0 Å². The quantitative estimate of drug-likeness (QED) is 0.609. The highest BCUT2D eigenvalue weighted by atomic mass is 35.5. The third kappa shape index (κ3) is 5.08. The van der Waals surface area contributed by atoms with Crippen molar-refractivity contribution in [3.05, 3.63) is 47.5 Å². The maximum Gasteiger partial charge on any atom is 0.333 e. The van der Waals surface area contributed by atoms with E-state index in [1.54, 1.807) is 36.1 Å². The molecule has 1 aromatic carbocycles. The highest BCUT2D eigenvalue weighted by molar-refractivity contribution is 6.30. The number of rotatable bonds is 6. The summed E-state index contributed by atoms with van der Waals surface area (Å²) in [5, 5.41) is 3.33. The Morgan fingerprint density at radius 3 is 2.46 bits per heavy atom. The van der Waals surface area contributed by atoms with Gasteiger partial charge in [0.2, 0.25) is 11.8 Å². The first-order chi connectivity index (χ1) is 12.5. The van der Waals surface area contributed by atoms with Gasteiger partial charge in [-0.1, -0.05) is 30.3 Å². The van der Waals surface area contributed by atoms with Crippen LogP contribution >= 0.6 is 11.6 Å². The molecule has 0 radical (unpaired) electrons. The molecular formula is C19H23ClN2O4. The number of nitrogens with one attached hydrogen (secondary N) is 1. The van der Waals surface area contributed by atoms with Crippen molar-refractivity contribution in [3.63, 3.8) is 0 Å². The third-order valence-electron chi connectivity index (χ3n) is 4.36. The molecular weight excluding hydrogens is 356 g/mol. The minimum atomic E-state index is -0.882. The van der Waals surface area contributed by atoms with Gasteiger partial charge in [-0.15, -0.1) is 0 Å². The van der Waals surface area contributed by atoms with Gasteiger partial charge in [-0.25, -0.2) is 4.79 Å². The van der Waals surface area contributed by atoms with Crippen LogP contribution < -0.4 is 5.32 Å². The van der Waals surface area contributed by atoms with Crippen LogP contribution in [0.1, 0.15) is 31.4 Å². The molecule has 1 heterocycles. The summed E-state index contributed by atoms with van der Waals surface area (Å²) in [6.45, 7) is 6.40.